The third kappa shape index (κ3) is 16.8. The predicted molar refractivity (Wildman–Crippen MR) is 72.0 cm³/mol. The van der Waals surface area contributed by atoms with Crippen LogP contribution in [0, 0.1) is 5.92 Å². The van der Waals surface area contributed by atoms with Crippen LogP contribution in [-0.2, 0) is 19.1 Å². The van der Waals surface area contributed by atoms with Crippen LogP contribution in [-0.4, -0.2) is 24.6 Å². The Balaban J connectivity index is 0. The highest BCUT2D eigenvalue weighted by molar-refractivity contribution is 5.81. The number of rotatable bonds is 6. The molecule has 0 unspecified atom stereocenters. The molecule has 0 fully saturated rings. The van der Waals surface area contributed by atoms with Gasteiger partial charge in [-0.2, -0.15) is 0 Å². The molecule has 0 aliphatic carbocycles. The molecule has 0 heterocycles. The second-order valence-electron chi connectivity index (χ2n) is 4.24. The molecule has 0 atom stereocenters. The van der Waals surface area contributed by atoms with Crippen LogP contribution in [0.2, 0.25) is 0 Å². The Kier molecular flexibility index (Phi) is 12.4. The molecule has 0 aromatic rings. The van der Waals surface area contributed by atoms with Gasteiger partial charge in [0, 0.05) is 12.2 Å². The van der Waals surface area contributed by atoms with Crippen LogP contribution < -0.4 is 0 Å². The topological polar surface area (TPSA) is 52.6 Å². The first-order valence-corrected chi connectivity index (χ1v) is 5.95. The summed E-state index contributed by atoms with van der Waals surface area (Å²) in [6, 6.07) is 0. The highest BCUT2D eigenvalue weighted by Gasteiger charge is 1.97. The number of carbonyl (C=O) groups excluding carboxylic acids is 2. The minimum absolute atomic E-state index is 0.0412. The first kappa shape index (κ1) is 18.8. The molecular weight excluding hydrogens is 232 g/mol. The van der Waals surface area contributed by atoms with E-state index in [4.69, 9.17) is 4.74 Å². The predicted octanol–water partition coefficient (Wildman–Crippen LogP) is 2.89. The summed E-state index contributed by atoms with van der Waals surface area (Å²) in [4.78, 5) is 20.7. The highest BCUT2D eigenvalue weighted by Crippen LogP contribution is 1.98. The Labute approximate surface area is 110 Å². The van der Waals surface area contributed by atoms with E-state index in [-0.39, 0.29) is 18.0 Å². The summed E-state index contributed by atoms with van der Waals surface area (Å²) in [5.74, 6) is -0.113. The average molecular weight is 256 g/mol. The van der Waals surface area contributed by atoms with E-state index < -0.39 is 0 Å². The first-order chi connectivity index (χ1) is 8.33. The Hall–Kier alpha value is -1.58. The fourth-order valence-corrected chi connectivity index (χ4v) is 0.735. The van der Waals surface area contributed by atoms with Crippen LogP contribution in [0.15, 0.2) is 25.3 Å². The largest absolute Gasteiger partial charge is 0.463 e. The lowest BCUT2D eigenvalue weighted by molar-refractivity contribution is -0.141. The monoisotopic (exact) mass is 256 g/mol. The first-order valence-electron chi connectivity index (χ1n) is 5.95. The highest BCUT2D eigenvalue weighted by atomic mass is 16.5. The summed E-state index contributed by atoms with van der Waals surface area (Å²) >= 11 is 0. The molecule has 0 saturated carbocycles. The van der Waals surface area contributed by atoms with Gasteiger partial charge in [-0.25, -0.2) is 9.59 Å². The quantitative estimate of drug-likeness (QED) is 0.541. The van der Waals surface area contributed by atoms with Crippen LogP contribution in [0.4, 0.5) is 0 Å². The molecule has 0 aromatic heterocycles. The zero-order chi connectivity index (χ0) is 14.6. The van der Waals surface area contributed by atoms with Crippen LogP contribution in [0.1, 0.15) is 34.1 Å². The van der Waals surface area contributed by atoms with E-state index in [9.17, 15) is 9.59 Å². The molecule has 0 bridgehead atoms. The van der Waals surface area contributed by atoms with Crippen molar-refractivity contribution in [2.45, 2.75) is 40.2 Å². The van der Waals surface area contributed by atoms with Crippen molar-refractivity contribution in [1.29, 1.82) is 0 Å². The molecule has 4 nitrogen and oxygen atoms in total. The van der Waals surface area contributed by atoms with E-state index in [1.807, 2.05) is 0 Å². The van der Waals surface area contributed by atoms with Crippen molar-refractivity contribution in [3.05, 3.63) is 25.3 Å². The summed E-state index contributed by atoms with van der Waals surface area (Å²) in [6.45, 7) is 14.8. The third-order valence-electron chi connectivity index (χ3n) is 1.62. The molecule has 0 amide bonds. The van der Waals surface area contributed by atoms with Crippen molar-refractivity contribution in [3.63, 3.8) is 0 Å². The summed E-state index contributed by atoms with van der Waals surface area (Å²) in [7, 11) is 0. The van der Waals surface area contributed by atoms with E-state index in [0.717, 1.165) is 12.5 Å². The number of hydrogen-bond donors (Lipinski definition) is 0. The van der Waals surface area contributed by atoms with E-state index in [0.29, 0.717) is 12.5 Å². The van der Waals surface area contributed by atoms with Crippen molar-refractivity contribution in [3.8, 4) is 0 Å². The van der Waals surface area contributed by atoms with Gasteiger partial charge in [-0.3, -0.25) is 0 Å². The van der Waals surface area contributed by atoms with Crippen molar-refractivity contribution in [2.75, 3.05) is 6.61 Å². The fourth-order valence-electron chi connectivity index (χ4n) is 0.735. The molecule has 0 aliphatic heterocycles. The van der Waals surface area contributed by atoms with Crippen LogP contribution >= 0.6 is 0 Å². The minimum Gasteiger partial charge on any atom is -0.463 e. The van der Waals surface area contributed by atoms with Gasteiger partial charge in [-0.1, -0.05) is 27.0 Å². The van der Waals surface area contributed by atoms with Crippen molar-refractivity contribution in [1.82, 2.24) is 0 Å². The summed E-state index contributed by atoms with van der Waals surface area (Å²) in [5.41, 5.74) is 0. The molecule has 18 heavy (non-hydrogen) atoms. The molecule has 4 heteroatoms. The Morgan fingerprint density at radius 1 is 1.06 bits per heavy atom. The zero-order valence-corrected chi connectivity index (χ0v) is 11.8. The molecule has 0 aromatic carbocycles. The summed E-state index contributed by atoms with van der Waals surface area (Å²) in [6.07, 6.45) is 3.21. The van der Waals surface area contributed by atoms with Gasteiger partial charge in [0.1, 0.15) is 0 Å². The fraction of sp³-hybridized carbons (Fsp3) is 0.571. The Bertz CT molecular complexity index is 267. The van der Waals surface area contributed by atoms with Gasteiger partial charge in [-0.05, 0) is 26.2 Å². The minimum atomic E-state index is -0.361. The standard InChI is InChI=1S/C8H14O2.C6H10O2/c1-4-8(9)10-6-5-7(2)3;1-4-6(7)8-5(2)3/h4,7H,1,5-6H2,2-3H3;4-5H,1H2,2-3H3. The van der Waals surface area contributed by atoms with Crippen LogP contribution in [0.3, 0.4) is 0 Å². The van der Waals surface area contributed by atoms with Gasteiger partial charge in [0.2, 0.25) is 0 Å². The smallest absolute Gasteiger partial charge is 0.330 e. The number of ether oxygens (including phenoxy) is 2. The van der Waals surface area contributed by atoms with E-state index >= 15 is 0 Å². The molecule has 0 N–H and O–H groups in total. The normalized spacial score (nSPS) is 9.22. The maximum atomic E-state index is 10.5. The second kappa shape index (κ2) is 11.9. The molecule has 0 radical (unpaired) electrons. The SMILES string of the molecule is C=CC(=O)OC(C)C.C=CC(=O)OCCC(C)C. The lowest BCUT2D eigenvalue weighted by Crippen LogP contribution is -2.07. The van der Waals surface area contributed by atoms with Gasteiger partial charge in [0.05, 0.1) is 12.7 Å². The maximum Gasteiger partial charge on any atom is 0.330 e. The molecule has 0 aliphatic rings. The third-order valence-corrected chi connectivity index (χ3v) is 1.62. The Morgan fingerprint density at radius 3 is 1.83 bits per heavy atom. The summed E-state index contributed by atoms with van der Waals surface area (Å²) in [5, 5.41) is 0. The molecule has 104 valence electrons. The van der Waals surface area contributed by atoms with E-state index in [1.54, 1.807) is 13.8 Å². The van der Waals surface area contributed by atoms with Gasteiger partial charge < -0.3 is 9.47 Å². The molecule has 0 saturated heterocycles. The number of carbonyl (C=O) groups is 2. The Morgan fingerprint density at radius 2 is 1.56 bits per heavy atom. The molecule has 0 rings (SSSR count). The van der Waals surface area contributed by atoms with E-state index in [2.05, 4.69) is 31.7 Å². The van der Waals surface area contributed by atoms with Gasteiger partial charge in [-0.15, -0.1) is 0 Å². The average Bonchev–Trinajstić information content (AvgIpc) is 2.28. The molecule has 0 spiro atoms. The maximum absolute atomic E-state index is 10.5. The van der Waals surface area contributed by atoms with Gasteiger partial charge >= 0.3 is 11.9 Å². The number of esters is 2. The lowest BCUT2D eigenvalue weighted by atomic mass is 10.1. The van der Waals surface area contributed by atoms with Gasteiger partial charge in [0.25, 0.3) is 0 Å². The summed E-state index contributed by atoms with van der Waals surface area (Å²) < 4.78 is 9.39. The van der Waals surface area contributed by atoms with Crippen LogP contribution in [0.5, 0.6) is 0 Å². The number of hydrogen-bond acceptors (Lipinski definition) is 4. The van der Waals surface area contributed by atoms with Crippen molar-refractivity contribution >= 4 is 11.9 Å². The van der Waals surface area contributed by atoms with Crippen molar-refractivity contribution < 1.29 is 19.1 Å². The van der Waals surface area contributed by atoms with Gasteiger partial charge in [0.15, 0.2) is 0 Å². The van der Waals surface area contributed by atoms with Crippen LogP contribution in [0.25, 0.3) is 0 Å². The molecular formula is C14H24O4. The van der Waals surface area contributed by atoms with Crippen molar-refractivity contribution in [2.24, 2.45) is 5.92 Å². The lowest BCUT2D eigenvalue weighted by Gasteiger charge is -2.03. The zero-order valence-electron chi connectivity index (χ0n) is 11.8. The van der Waals surface area contributed by atoms with E-state index in [1.165, 1.54) is 6.08 Å². The second-order valence-corrected chi connectivity index (χ2v) is 4.24.